The van der Waals surface area contributed by atoms with E-state index in [-0.39, 0.29) is 24.7 Å². The maximum Gasteiger partial charge on any atom is 0.265 e. The van der Waals surface area contributed by atoms with Gasteiger partial charge < -0.3 is 19.9 Å². The standard InChI is InChI=1S/C25H22N4O5/c30-22(27-11-8-16-6-9-26-10-7-16)14-18(17-4-5-19-20(13-17)34-15-33-19)23-24(31)28-21-3-1-2-12-29(21)25(23)32/h1-7,9-10,12-13,18,31H,8,11,14-15H2,(H,27,30). The Kier molecular flexibility index (Phi) is 5.82. The maximum atomic E-state index is 13.3. The molecule has 0 radical (unpaired) electrons. The first-order chi connectivity index (χ1) is 16.6. The summed E-state index contributed by atoms with van der Waals surface area (Å²) in [7, 11) is 0. The number of aromatic nitrogens is 3. The second kappa shape index (κ2) is 9.22. The SMILES string of the molecule is O=C(CC(c1ccc2c(c1)OCO2)c1c(O)nc2ccccn2c1=O)NCCc1ccncc1. The van der Waals surface area contributed by atoms with E-state index in [9.17, 15) is 14.7 Å². The normalized spacial score (nSPS) is 13.1. The highest BCUT2D eigenvalue weighted by Gasteiger charge is 2.28. The van der Waals surface area contributed by atoms with Crippen LogP contribution in [0, 0.1) is 0 Å². The Balaban J connectivity index is 1.47. The quantitative estimate of drug-likeness (QED) is 0.437. The van der Waals surface area contributed by atoms with Crippen LogP contribution in [0.25, 0.3) is 5.65 Å². The van der Waals surface area contributed by atoms with Crippen LogP contribution in [-0.4, -0.2) is 38.7 Å². The highest BCUT2D eigenvalue weighted by molar-refractivity contribution is 5.78. The summed E-state index contributed by atoms with van der Waals surface area (Å²) in [6, 6.07) is 14.1. The van der Waals surface area contributed by atoms with Crippen molar-refractivity contribution < 1.29 is 19.4 Å². The number of hydrogen-bond donors (Lipinski definition) is 2. The third-order valence-electron chi connectivity index (χ3n) is 5.77. The van der Waals surface area contributed by atoms with Crippen molar-refractivity contribution in [2.45, 2.75) is 18.8 Å². The summed E-state index contributed by atoms with van der Waals surface area (Å²) < 4.78 is 12.2. The predicted molar refractivity (Wildman–Crippen MR) is 123 cm³/mol. The van der Waals surface area contributed by atoms with E-state index in [2.05, 4.69) is 15.3 Å². The summed E-state index contributed by atoms with van der Waals surface area (Å²) >= 11 is 0. The average molecular weight is 458 g/mol. The largest absolute Gasteiger partial charge is 0.493 e. The van der Waals surface area contributed by atoms with Gasteiger partial charge in [-0.1, -0.05) is 12.1 Å². The fraction of sp³-hybridized carbons (Fsp3) is 0.200. The number of carbonyl (C=O) groups is 1. The molecular weight excluding hydrogens is 436 g/mol. The maximum absolute atomic E-state index is 13.3. The molecule has 172 valence electrons. The van der Waals surface area contributed by atoms with Crippen LogP contribution in [0.5, 0.6) is 17.4 Å². The summed E-state index contributed by atoms with van der Waals surface area (Å²) in [5.41, 5.74) is 1.62. The zero-order chi connectivity index (χ0) is 23.5. The molecule has 2 N–H and O–H groups in total. The van der Waals surface area contributed by atoms with Crippen LogP contribution < -0.4 is 20.3 Å². The summed E-state index contributed by atoms with van der Waals surface area (Å²) in [6.07, 6.45) is 5.58. The van der Waals surface area contributed by atoms with Gasteiger partial charge in [0.15, 0.2) is 11.5 Å². The Morgan fingerprint density at radius 3 is 2.79 bits per heavy atom. The van der Waals surface area contributed by atoms with Gasteiger partial charge in [0.1, 0.15) is 5.65 Å². The third-order valence-corrected chi connectivity index (χ3v) is 5.77. The van der Waals surface area contributed by atoms with Gasteiger partial charge >= 0.3 is 0 Å². The molecule has 3 aromatic heterocycles. The van der Waals surface area contributed by atoms with E-state index in [4.69, 9.17) is 9.47 Å². The minimum absolute atomic E-state index is 0.0480. The molecule has 34 heavy (non-hydrogen) atoms. The van der Waals surface area contributed by atoms with Gasteiger partial charge in [0.25, 0.3) is 5.56 Å². The van der Waals surface area contributed by atoms with Crippen LogP contribution in [0.2, 0.25) is 0 Å². The molecule has 0 spiro atoms. The molecule has 9 heteroatoms. The van der Waals surface area contributed by atoms with Crippen molar-refractivity contribution in [1.29, 1.82) is 0 Å². The summed E-state index contributed by atoms with van der Waals surface area (Å²) in [6.45, 7) is 0.530. The minimum atomic E-state index is -0.743. The summed E-state index contributed by atoms with van der Waals surface area (Å²) in [5.74, 6) is -0.291. The average Bonchev–Trinajstić information content (AvgIpc) is 3.32. The van der Waals surface area contributed by atoms with E-state index >= 15 is 0 Å². The topological polar surface area (TPSA) is 115 Å². The van der Waals surface area contributed by atoms with Crippen LogP contribution in [-0.2, 0) is 11.2 Å². The number of aromatic hydroxyl groups is 1. The first kappa shape index (κ1) is 21.4. The van der Waals surface area contributed by atoms with Crippen molar-refractivity contribution in [3.63, 3.8) is 0 Å². The van der Waals surface area contributed by atoms with Gasteiger partial charge in [-0.2, -0.15) is 4.98 Å². The molecule has 1 atom stereocenters. The van der Waals surface area contributed by atoms with Gasteiger partial charge in [-0.25, -0.2) is 0 Å². The van der Waals surface area contributed by atoms with E-state index in [1.165, 1.54) is 4.40 Å². The van der Waals surface area contributed by atoms with Crippen LogP contribution in [0.15, 0.2) is 71.9 Å². The smallest absolute Gasteiger partial charge is 0.265 e. The molecule has 1 aliphatic rings. The number of nitrogens with one attached hydrogen (secondary N) is 1. The molecule has 1 aliphatic heterocycles. The van der Waals surface area contributed by atoms with Crippen molar-refractivity contribution in [2.24, 2.45) is 0 Å². The van der Waals surface area contributed by atoms with Crippen molar-refractivity contribution in [2.75, 3.05) is 13.3 Å². The van der Waals surface area contributed by atoms with Crippen LogP contribution in [0.3, 0.4) is 0 Å². The Hall–Kier alpha value is -4.40. The lowest BCUT2D eigenvalue weighted by Crippen LogP contribution is -2.30. The third kappa shape index (κ3) is 4.27. The van der Waals surface area contributed by atoms with E-state index in [1.54, 1.807) is 55.0 Å². The second-order valence-corrected chi connectivity index (χ2v) is 7.91. The first-order valence-corrected chi connectivity index (χ1v) is 10.9. The lowest BCUT2D eigenvalue weighted by atomic mass is 9.89. The Morgan fingerprint density at radius 1 is 1.12 bits per heavy atom. The molecule has 5 rings (SSSR count). The molecule has 1 amide bonds. The fourth-order valence-corrected chi connectivity index (χ4v) is 4.07. The number of pyridine rings is 2. The van der Waals surface area contributed by atoms with E-state index in [0.29, 0.717) is 35.7 Å². The Labute approximate surface area is 194 Å². The molecule has 0 bridgehead atoms. The summed E-state index contributed by atoms with van der Waals surface area (Å²) in [5, 5.41) is 13.6. The van der Waals surface area contributed by atoms with Gasteiger partial charge in [-0.15, -0.1) is 0 Å². The fourth-order valence-electron chi connectivity index (χ4n) is 4.07. The first-order valence-electron chi connectivity index (χ1n) is 10.9. The number of ether oxygens (including phenoxy) is 2. The van der Waals surface area contributed by atoms with Crippen molar-refractivity contribution >= 4 is 11.6 Å². The van der Waals surface area contributed by atoms with Gasteiger partial charge in [0.05, 0.1) is 5.56 Å². The lowest BCUT2D eigenvalue weighted by Gasteiger charge is -2.19. The van der Waals surface area contributed by atoms with Crippen molar-refractivity contribution in [1.82, 2.24) is 19.7 Å². The number of fused-ring (bicyclic) bond motifs is 2. The van der Waals surface area contributed by atoms with E-state index in [0.717, 1.165) is 5.56 Å². The number of carbonyl (C=O) groups excluding carboxylic acids is 1. The molecule has 0 saturated carbocycles. The summed E-state index contributed by atoms with van der Waals surface area (Å²) in [4.78, 5) is 34.4. The van der Waals surface area contributed by atoms with Crippen LogP contribution in [0.1, 0.15) is 29.0 Å². The minimum Gasteiger partial charge on any atom is -0.493 e. The Morgan fingerprint density at radius 2 is 1.94 bits per heavy atom. The number of rotatable bonds is 7. The van der Waals surface area contributed by atoms with Gasteiger partial charge in [-0.3, -0.25) is 19.0 Å². The lowest BCUT2D eigenvalue weighted by molar-refractivity contribution is -0.121. The molecule has 1 aromatic carbocycles. The number of amides is 1. The van der Waals surface area contributed by atoms with Crippen molar-refractivity contribution in [3.8, 4) is 17.4 Å². The zero-order valence-electron chi connectivity index (χ0n) is 18.2. The molecule has 0 saturated heterocycles. The Bertz CT molecular complexity index is 1400. The second-order valence-electron chi connectivity index (χ2n) is 7.91. The molecule has 4 aromatic rings. The monoisotopic (exact) mass is 458 g/mol. The molecule has 1 unspecified atom stereocenters. The predicted octanol–water partition coefficient (Wildman–Crippen LogP) is 2.40. The highest BCUT2D eigenvalue weighted by Crippen LogP contribution is 2.38. The van der Waals surface area contributed by atoms with Crippen LogP contribution in [0.4, 0.5) is 0 Å². The molecule has 0 fully saturated rings. The van der Waals surface area contributed by atoms with Gasteiger partial charge in [0, 0.05) is 37.5 Å². The van der Waals surface area contributed by atoms with Gasteiger partial charge in [0.2, 0.25) is 18.6 Å². The number of nitrogens with zero attached hydrogens (tertiary/aromatic N) is 3. The van der Waals surface area contributed by atoms with E-state index in [1.807, 2.05) is 12.1 Å². The van der Waals surface area contributed by atoms with E-state index < -0.39 is 17.4 Å². The highest BCUT2D eigenvalue weighted by atomic mass is 16.7. The van der Waals surface area contributed by atoms with Gasteiger partial charge in [-0.05, 0) is 53.9 Å². The molecular formula is C25H22N4O5. The number of hydrogen-bond acceptors (Lipinski definition) is 7. The van der Waals surface area contributed by atoms with Crippen LogP contribution >= 0.6 is 0 Å². The van der Waals surface area contributed by atoms with Crippen molar-refractivity contribution in [3.05, 3.63) is 94.2 Å². The molecule has 9 nitrogen and oxygen atoms in total. The molecule has 0 aliphatic carbocycles. The number of benzene rings is 1. The zero-order valence-corrected chi connectivity index (χ0v) is 18.2. The molecule has 4 heterocycles.